The summed E-state index contributed by atoms with van der Waals surface area (Å²) in [6.07, 6.45) is 0. The summed E-state index contributed by atoms with van der Waals surface area (Å²) in [5.74, 6) is -1.61. The van der Waals surface area contributed by atoms with Crippen LogP contribution in [-0.2, 0) is 9.59 Å². The zero-order valence-electron chi connectivity index (χ0n) is 19.9. The molecule has 4 aromatic rings. The molecule has 1 aliphatic rings. The van der Waals surface area contributed by atoms with Crippen molar-refractivity contribution in [3.05, 3.63) is 94.6 Å². The van der Waals surface area contributed by atoms with Gasteiger partial charge in [-0.2, -0.15) is 0 Å². The minimum absolute atomic E-state index is 0.0619. The van der Waals surface area contributed by atoms with E-state index in [1.54, 1.807) is 12.1 Å². The van der Waals surface area contributed by atoms with Crippen LogP contribution in [0, 0.1) is 13.8 Å². The maximum Gasteiger partial charge on any atom is 0.301 e. The molecule has 3 aromatic carbocycles. The average molecular weight is 484 g/mol. The second-order valence-corrected chi connectivity index (χ2v) is 10.00. The van der Waals surface area contributed by atoms with Gasteiger partial charge in [-0.25, -0.2) is 4.98 Å². The van der Waals surface area contributed by atoms with Crippen LogP contribution in [0.3, 0.4) is 0 Å². The molecule has 0 aliphatic carbocycles. The molecule has 6 nitrogen and oxygen atoms in total. The van der Waals surface area contributed by atoms with Gasteiger partial charge in [-0.15, -0.1) is 0 Å². The molecule has 176 valence electrons. The number of aliphatic hydroxyl groups is 1. The van der Waals surface area contributed by atoms with E-state index in [0.717, 1.165) is 32.6 Å². The largest absolute Gasteiger partial charge is 0.507 e. The third-order valence-corrected chi connectivity index (χ3v) is 7.25. The Morgan fingerprint density at radius 1 is 0.943 bits per heavy atom. The highest BCUT2D eigenvalue weighted by atomic mass is 32.1. The summed E-state index contributed by atoms with van der Waals surface area (Å²) < 4.78 is 0.933. The lowest BCUT2D eigenvalue weighted by molar-refractivity contribution is -0.132. The highest BCUT2D eigenvalue weighted by Gasteiger charge is 2.48. The number of aromatic nitrogens is 1. The van der Waals surface area contributed by atoms with Crippen LogP contribution in [0.2, 0.25) is 0 Å². The van der Waals surface area contributed by atoms with Crippen molar-refractivity contribution in [3.8, 4) is 0 Å². The number of aliphatic hydroxyl groups excluding tert-OH is 1. The Bertz CT molecular complexity index is 1480. The van der Waals surface area contributed by atoms with E-state index in [1.807, 2.05) is 87.4 Å². The molecule has 35 heavy (non-hydrogen) atoms. The van der Waals surface area contributed by atoms with Crippen LogP contribution in [0.15, 0.2) is 72.3 Å². The Hall–Kier alpha value is -3.97. The number of carbonyl (C=O) groups is 2. The van der Waals surface area contributed by atoms with Crippen molar-refractivity contribution in [1.29, 1.82) is 0 Å². The lowest BCUT2D eigenvalue weighted by atomic mass is 9.95. The molecule has 1 aromatic heterocycles. The monoisotopic (exact) mass is 483 g/mol. The van der Waals surface area contributed by atoms with Crippen molar-refractivity contribution in [1.82, 2.24) is 4.98 Å². The van der Waals surface area contributed by atoms with E-state index < -0.39 is 17.7 Å². The van der Waals surface area contributed by atoms with Crippen LogP contribution in [-0.4, -0.2) is 35.9 Å². The molecule has 1 aliphatic heterocycles. The van der Waals surface area contributed by atoms with Crippen molar-refractivity contribution in [3.63, 3.8) is 0 Å². The fraction of sp³-hybridized carbons (Fsp3) is 0.179. The third kappa shape index (κ3) is 3.98. The van der Waals surface area contributed by atoms with Crippen molar-refractivity contribution in [2.75, 3.05) is 23.9 Å². The molecule has 0 radical (unpaired) electrons. The predicted octanol–water partition coefficient (Wildman–Crippen LogP) is 5.61. The molecule has 1 amide bonds. The van der Waals surface area contributed by atoms with Crippen LogP contribution in [0.4, 0.5) is 10.8 Å². The maximum atomic E-state index is 13.4. The molecule has 0 bridgehead atoms. The van der Waals surface area contributed by atoms with E-state index >= 15 is 0 Å². The third-order valence-electron chi connectivity index (χ3n) is 6.23. The molecule has 1 unspecified atom stereocenters. The molecular formula is C28H25N3O3S. The SMILES string of the molecule is Cc1ccc(C(O)=C2C(=O)C(=O)N(c3nc4ccc(C)cc4s3)C2c2ccc(N(C)C)cc2)cc1. The summed E-state index contributed by atoms with van der Waals surface area (Å²) >= 11 is 1.36. The minimum atomic E-state index is -0.797. The minimum Gasteiger partial charge on any atom is -0.507 e. The number of amides is 1. The van der Waals surface area contributed by atoms with Gasteiger partial charge >= 0.3 is 5.91 Å². The molecular weight excluding hydrogens is 458 g/mol. The number of benzene rings is 3. The van der Waals surface area contributed by atoms with E-state index in [-0.39, 0.29) is 11.3 Å². The number of anilines is 2. The number of rotatable bonds is 4. The van der Waals surface area contributed by atoms with E-state index in [9.17, 15) is 14.7 Å². The first-order valence-corrected chi connectivity index (χ1v) is 12.1. The number of Topliss-reactive ketones (excluding diaryl/α,β-unsaturated/α-hetero) is 1. The first-order chi connectivity index (χ1) is 16.7. The summed E-state index contributed by atoms with van der Waals surface area (Å²) in [5.41, 5.74) is 5.14. The fourth-order valence-corrected chi connectivity index (χ4v) is 5.38. The predicted molar refractivity (Wildman–Crippen MR) is 141 cm³/mol. The highest BCUT2D eigenvalue weighted by molar-refractivity contribution is 7.22. The van der Waals surface area contributed by atoms with Crippen LogP contribution in [0.1, 0.15) is 28.3 Å². The van der Waals surface area contributed by atoms with Crippen LogP contribution < -0.4 is 9.80 Å². The molecule has 0 saturated carbocycles. The molecule has 7 heteroatoms. The maximum absolute atomic E-state index is 13.4. The van der Waals surface area contributed by atoms with Gasteiger partial charge in [0.25, 0.3) is 5.78 Å². The molecule has 1 atom stereocenters. The van der Waals surface area contributed by atoms with Crippen LogP contribution in [0.5, 0.6) is 0 Å². The summed E-state index contributed by atoms with van der Waals surface area (Å²) in [7, 11) is 3.89. The number of hydrogen-bond donors (Lipinski definition) is 1. The number of hydrogen-bond acceptors (Lipinski definition) is 6. The lowest BCUT2D eigenvalue weighted by Gasteiger charge is -2.23. The number of fused-ring (bicyclic) bond motifs is 1. The van der Waals surface area contributed by atoms with E-state index in [0.29, 0.717) is 10.7 Å². The fourth-order valence-electron chi connectivity index (χ4n) is 4.29. The van der Waals surface area contributed by atoms with Gasteiger partial charge in [-0.1, -0.05) is 59.4 Å². The summed E-state index contributed by atoms with van der Waals surface area (Å²) in [5, 5.41) is 11.7. The lowest BCUT2D eigenvalue weighted by Crippen LogP contribution is -2.29. The number of carbonyl (C=O) groups excluding carboxylic acids is 2. The van der Waals surface area contributed by atoms with Gasteiger partial charge in [-0.05, 0) is 49.2 Å². The Kier molecular flexibility index (Phi) is 5.65. The number of aryl methyl sites for hydroxylation is 2. The number of ketones is 1. The molecule has 1 N–H and O–H groups in total. The standard InChI is InChI=1S/C28H25N3O3S/c1-16-5-8-19(9-6-16)25(32)23-24(18-10-12-20(13-11-18)30(3)4)31(27(34)26(23)33)28-29-21-14-7-17(2)15-22(21)35-28/h5-15,24,32H,1-4H3. The van der Waals surface area contributed by atoms with Gasteiger partial charge in [0.05, 0.1) is 21.8 Å². The van der Waals surface area contributed by atoms with Gasteiger partial charge in [0.1, 0.15) is 5.76 Å². The topological polar surface area (TPSA) is 73.7 Å². The Balaban J connectivity index is 1.71. The Morgan fingerprint density at radius 3 is 2.26 bits per heavy atom. The van der Waals surface area contributed by atoms with Crippen LogP contribution >= 0.6 is 11.3 Å². The molecule has 1 fully saturated rings. The normalized spacial score (nSPS) is 17.4. The Morgan fingerprint density at radius 2 is 1.60 bits per heavy atom. The van der Waals surface area contributed by atoms with Gasteiger partial charge in [0.15, 0.2) is 5.13 Å². The number of nitrogens with zero attached hydrogens (tertiary/aromatic N) is 3. The first-order valence-electron chi connectivity index (χ1n) is 11.3. The van der Waals surface area contributed by atoms with Gasteiger partial charge < -0.3 is 10.0 Å². The second-order valence-electron chi connectivity index (χ2n) is 8.99. The molecule has 0 spiro atoms. The van der Waals surface area contributed by atoms with Crippen molar-refractivity contribution < 1.29 is 14.7 Å². The highest BCUT2D eigenvalue weighted by Crippen LogP contribution is 2.44. The van der Waals surface area contributed by atoms with Crippen molar-refractivity contribution in [2.24, 2.45) is 0 Å². The zero-order chi connectivity index (χ0) is 24.9. The van der Waals surface area contributed by atoms with Gasteiger partial charge in [-0.3, -0.25) is 14.5 Å². The average Bonchev–Trinajstić information content (AvgIpc) is 3.37. The quantitative estimate of drug-likeness (QED) is 0.232. The summed E-state index contributed by atoms with van der Waals surface area (Å²) in [6.45, 7) is 3.95. The van der Waals surface area contributed by atoms with Gasteiger partial charge in [0.2, 0.25) is 0 Å². The summed E-state index contributed by atoms with van der Waals surface area (Å²) in [4.78, 5) is 34.8. The second kappa shape index (κ2) is 8.67. The molecule has 1 saturated heterocycles. The Labute approximate surface area is 207 Å². The first kappa shape index (κ1) is 22.8. The van der Waals surface area contributed by atoms with Crippen molar-refractivity contribution >= 4 is 49.8 Å². The van der Waals surface area contributed by atoms with Crippen LogP contribution in [0.25, 0.3) is 16.0 Å². The van der Waals surface area contributed by atoms with E-state index in [4.69, 9.17) is 0 Å². The summed E-state index contributed by atoms with van der Waals surface area (Å²) in [6, 6.07) is 20.0. The molecule has 5 rings (SSSR count). The van der Waals surface area contributed by atoms with Crippen molar-refractivity contribution in [2.45, 2.75) is 19.9 Å². The smallest absolute Gasteiger partial charge is 0.301 e. The van der Waals surface area contributed by atoms with Gasteiger partial charge in [0, 0.05) is 25.3 Å². The van der Waals surface area contributed by atoms with E-state index in [1.165, 1.54) is 16.2 Å². The van der Waals surface area contributed by atoms with E-state index in [2.05, 4.69) is 4.98 Å². The number of thiazole rings is 1. The molecule has 2 heterocycles. The zero-order valence-corrected chi connectivity index (χ0v) is 20.8.